The van der Waals surface area contributed by atoms with E-state index in [2.05, 4.69) is 26.2 Å². The van der Waals surface area contributed by atoms with Crippen LogP contribution in [0, 0.1) is 5.82 Å². The van der Waals surface area contributed by atoms with Crippen molar-refractivity contribution in [3.05, 3.63) is 57.9 Å². The molecule has 0 saturated carbocycles. The summed E-state index contributed by atoms with van der Waals surface area (Å²) >= 11 is 3.42. The zero-order valence-electron chi connectivity index (χ0n) is 11.2. The van der Waals surface area contributed by atoms with Crippen LogP contribution in [0.15, 0.2) is 41.0 Å². The number of aromatic nitrogens is 1. The number of benzene rings is 1. The van der Waals surface area contributed by atoms with E-state index in [1.54, 1.807) is 12.3 Å². The van der Waals surface area contributed by atoms with E-state index in [1.165, 1.54) is 6.07 Å². The number of hydrogen-bond donors (Lipinski definition) is 2. The van der Waals surface area contributed by atoms with Crippen molar-refractivity contribution < 1.29 is 4.39 Å². The molecule has 5 heteroatoms. The first kappa shape index (κ1) is 14.9. The maximum absolute atomic E-state index is 14.1. The fourth-order valence-electron chi connectivity index (χ4n) is 2.21. The number of hydrogen-bond acceptors (Lipinski definition) is 3. The van der Waals surface area contributed by atoms with E-state index in [0.717, 1.165) is 16.6 Å². The van der Waals surface area contributed by atoms with Crippen LogP contribution in [0.25, 0.3) is 0 Å². The van der Waals surface area contributed by atoms with E-state index in [1.807, 2.05) is 25.1 Å². The maximum Gasteiger partial charge on any atom is 0.129 e. The highest BCUT2D eigenvalue weighted by Crippen LogP contribution is 2.29. The molecule has 0 radical (unpaired) electrons. The number of anilines is 1. The van der Waals surface area contributed by atoms with Gasteiger partial charge in [-0.1, -0.05) is 35.0 Å². The van der Waals surface area contributed by atoms with E-state index in [0.29, 0.717) is 17.8 Å². The van der Waals surface area contributed by atoms with Gasteiger partial charge in [-0.3, -0.25) is 0 Å². The number of rotatable bonds is 5. The van der Waals surface area contributed by atoms with E-state index in [9.17, 15) is 4.39 Å². The van der Waals surface area contributed by atoms with Gasteiger partial charge in [0.1, 0.15) is 11.6 Å². The Morgan fingerprint density at radius 3 is 2.80 bits per heavy atom. The van der Waals surface area contributed by atoms with Gasteiger partial charge in [-0.2, -0.15) is 0 Å². The zero-order chi connectivity index (χ0) is 14.5. The summed E-state index contributed by atoms with van der Waals surface area (Å²) in [7, 11) is 0. The summed E-state index contributed by atoms with van der Waals surface area (Å²) in [5.41, 5.74) is 7.41. The topological polar surface area (TPSA) is 50.9 Å². The standard InChI is InChI=1S/C15H17BrFN3/c1-2-19-13(9-10-5-4-8-20-15(10)18)14-11(16)6-3-7-12(14)17/h3-8,13,19H,2,9H2,1H3,(H2,18,20). The highest BCUT2D eigenvalue weighted by molar-refractivity contribution is 9.10. The Kier molecular flexibility index (Phi) is 5.09. The third kappa shape index (κ3) is 3.35. The second-order valence-electron chi connectivity index (χ2n) is 4.50. The van der Waals surface area contributed by atoms with E-state index < -0.39 is 0 Å². The molecule has 1 atom stereocenters. The van der Waals surface area contributed by atoms with E-state index in [-0.39, 0.29) is 11.9 Å². The quantitative estimate of drug-likeness (QED) is 0.878. The summed E-state index contributed by atoms with van der Waals surface area (Å²) in [5.74, 6) is 0.260. The molecular weight excluding hydrogens is 321 g/mol. The summed E-state index contributed by atoms with van der Waals surface area (Å²) in [4.78, 5) is 4.08. The van der Waals surface area contributed by atoms with Gasteiger partial charge >= 0.3 is 0 Å². The third-order valence-electron chi connectivity index (χ3n) is 3.15. The number of nitrogen functional groups attached to an aromatic ring is 1. The van der Waals surface area contributed by atoms with Gasteiger partial charge in [0.15, 0.2) is 0 Å². The van der Waals surface area contributed by atoms with Gasteiger partial charge in [-0.25, -0.2) is 9.37 Å². The van der Waals surface area contributed by atoms with Crippen molar-refractivity contribution in [2.24, 2.45) is 0 Å². The Hall–Kier alpha value is -1.46. The first-order chi connectivity index (χ1) is 9.63. The largest absolute Gasteiger partial charge is 0.383 e. The molecular formula is C15H17BrFN3. The SMILES string of the molecule is CCNC(Cc1cccnc1N)c1c(F)cccc1Br. The minimum atomic E-state index is -0.229. The van der Waals surface area contributed by atoms with Crippen LogP contribution < -0.4 is 11.1 Å². The molecule has 0 fully saturated rings. The lowest BCUT2D eigenvalue weighted by Crippen LogP contribution is -2.24. The Labute approximate surface area is 126 Å². The monoisotopic (exact) mass is 337 g/mol. The van der Waals surface area contributed by atoms with Crippen LogP contribution in [0.5, 0.6) is 0 Å². The summed E-state index contributed by atoms with van der Waals surface area (Å²) in [6.07, 6.45) is 2.24. The Balaban J connectivity index is 2.35. The van der Waals surface area contributed by atoms with Crippen molar-refractivity contribution in [2.75, 3.05) is 12.3 Å². The first-order valence-corrected chi connectivity index (χ1v) is 7.29. The first-order valence-electron chi connectivity index (χ1n) is 6.50. The normalized spacial score (nSPS) is 12.3. The molecule has 0 amide bonds. The molecule has 1 aromatic heterocycles. The molecule has 0 bridgehead atoms. The van der Waals surface area contributed by atoms with Gasteiger partial charge in [-0.05, 0) is 36.7 Å². The fourth-order valence-corrected chi connectivity index (χ4v) is 2.83. The van der Waals surface area contributed by atoms with Gasteiger partial charge in [-0.15, -0.1) is 0 Å². The lowest BCUT2D eigenvalue weighted by Gasteiger charge is -2.21. The van der Waals surface area contributed by atoms with Crippen molar-refractivity contribution in [3.63, 3.8) is 0 Å². The van der Waals surface area contributed by atoms with Crippen LogP contribution in [0.3, 0.4) is 0 Å². The molecule has 20 heavy (non-hydrogen) atoms. The fraction of sp³-hybridized carbons (Fsp3) is 0.267. The minimum absolute atomic E-state index is 0.151. The van der Waals surface area contributed by atoms with Crippen LogP contribution in [0.1, 0.15) is 24.1 Å². The van der Waals surface area contributed by atoms with Crippen LogP contribution in [-0.4, -0.2) is 11.5 Å². The summed E-state index contributed by atoms with van der Waals surface area (Å²) in [6.45, 7) is 2.74. The number of nitrogens with one attached hydrogen (secondary N) is 1. The van der Waals surface area contributed by atoms with Crippen LogP contribution >= 0.6 is 15.9 Å². The summed E-state index contributed by atoms with van der Waals surface area (Å²) < 4.78 is 14.9. The molecule has 106 valence electrons. The maximum atomic E-state index is 14.1. The second kappa shape index (κ2) is 6.81. The van der Waals surface area contributed by atoms with Gasteiger partial charge in [0.05, 0.1) is 0 Å². The number of nitrogens with two attached hydrogens (primary N) is 1. The number of pyridine rings is 1. The summed E-state index contributed by atoms with van der Waals surface area (Å²) in [6, 6.07) is 8.60. The van der Waals surface area contributed by atoms with E-state index >= 15 is 0 Å². The predicted octanol–water partition coefficient (Wildman–Crippen LogP) is 3.46. The van der Waals surface area contributed by atoms with Crippen molar-refractivity contribution in [3.8, 4) is 0 Å². The molecule has 1 unspecified atom stereocenters. The summed E-state index contributed by atoms with van der Waals surface area (Å²) in [5, 5.41) is 3.30. The predicted molar refractivity (Wildman–Crippen MR) is 82.9 cm³/mol. The van der Waals surface area contributed by atoms with Crippen molar-refractivity contribution in [2.45, 2.75) is 19.4 Å². The van der Waals surface area contributed by atoms with Gasteiger partial charge in [0.25, 0.3) is 0 Å². The lowest BCUT2D eigenvalue weighted by atomic mass is 9.98. The van der Waals surface area contributed by atoms with Crippen LogP contribution in [0.4, 0.5) is 10.2 Å². The Morgan fingerprint density at radius 2 is 2.15 bits per heavy atom. The molecule has 0 aliphatic carbocycles. The number of likely N-dealkylation sites (N-methyl/N-ethyl adjacent to an activating group) is 1. The molecule has 0 aliphatic heterocycles. The van der Waals surface area contributed by atoms with Crippen molar-refractivity contribution >= 4 is 21.7 Å². The number of nitrogens with zero attached hydrogens (tertiary/aromatic N) is 1. The van der Waals surface area contributed by atoms with E-state index in [4.69, 9.17) is 5.73 Å². The van der Waals surface area contributed by atoms with Crippen LogP contribution in [0.2, 0.25) is 0 Å². The molecule has 0 aliphatic rings. The van der Waals surface area contributed by atoms with Gasteiger partial charge in [0, 0.05) is 22.3 Å². The number of halogens is 2. The average Bonchev–Trinajstić information content (AvgIpc) is 2.41. The third-order valence-corrected chi connectivity index (χ3v) is 3.84. The molecule has 1 aromatic carbocycles. The zero-order valence-corrected chi connectivity index (χ0v) is 12.8. The highest BCUT2D eigenvalue weighted by atomic mass is 79.9. The second-order valence-corrected chi connectivity index (χ2v) is 5.35. The molecule has 1 heterocycles. The Bertz CT molecular complexity index is 569. The van der Waals surface area contributed by atoms with Crippen molar-refractivity contribution in [1.82, 2.24) is 10.3 Å². The molecule has 3 nitrogen and oxygen atoms in total. The molecule has 2 rings (SSSR count). The van der Waals surface area contributed by atoms with Crippen LogP contribution in [-0.2, 0) is 6.42 Å². The molecule has 2 aromatic rings. The minimum Gasteiger partial charge on any atom is -0.383 e. The Morgan fingerprint density at radius 1 is 1.35 bits per heavy atom. The van der Waals surface area contributed by atoms with Gasteiger partial charge in [0.2, 0.25) is 0 Å². The highest BCUT2D eigenvalue weighted by Gasteiger charge is 2.19. The smallest absolute Gasteiger partial charge is 0.129 e. The molecule has 3 N–H and O–H groups in total. The molecule has 0 saturated heterocycles. The average molecular weight is 338 g/mol. The van der Waals surface area contributed by atoms with Gasteiger partial charge < -0.3 is 11.1 Å². The molecule has 0 spiro atoms. The van der Waals surface area contributed by atoms with Crippen molar-refractivity contribution in [1.29, 1.82) is 0 Å². The lowest BCUT2D eigenvalue weighted by molar-refractivity contribution is 0.508.